The first-order valence-corrected chi connectivity index (χ1v) is 11.1. The van der Waals surface area contributed by atoms with Crippen molar-refractivity contribution in [2.75, 3.05) is 40.3 Å². The number of ether oxygens (including phenoxy) is 4. The van der Waals surface area contributed by atoms with Crippen molar-refractivity contribution in [2.24, 2.45) is 0 Å². The quantitative estimate of drug-likeness (QED) is 0.545. The number of benzene rings is 3. The Balaban J connectivity index is 1.77. The number of fused-ring (bicyclic) bond motifs is 1. The van der Waals surface area contributed by atoms with Gasteiger partial charge in [-0.15, -0.1) is 0 Å². The van der Waals surface area contributed by atoms with Gasteiger partial charge in [0.2, 0.25) is 0 Å². The maximum atomic E-state index is 13.6. The number of methoxy groups -OCH3 is 4. The van der Waals surface area contributed by atoms with Gasteiger partial charge in [-0.25, -0.2) is 4.79 Å². The van der Waals surface area contributed by atoms with Crippen LogP contribution in [0.15, 0.2) is 54.6 Å². The van der Waals surface area contributed by atoms with E-state index in [2.05, 4.69) is 5.32 Å². The summed E-state index contributed by atoms with van der Waals surface area (Å²) < 4.78 is 21.9. The lowest BCUT2D eigenvalue weighted by atomic mass is 9.87. The average Bonchev–Trinajstić information content (AvgIpc) is 2.87. The van der Waals surface area contributed by atoms with Gasteiger partial charge in [0.1, 0.15) is 11.5 Å². The second-order valence-corrected chi connectivity index (χ2v) is 8.16. The Labute approximate surface area is 200 Å². The van der Waals surface area contributed by atoms with Crippen molar-refractivity contribution in [3.8, 4) is 23.0 Å². The van der Waals surface area contributed by atoms with Crippen LogP contribution in [0.5, 0.6) is 23.0 Å². The molecule has 0 fully saturated rings. The van der Waals surface area contributed by atoms with Gasteiger partial charge in [-0.1, -0.05) is 18.2 Å². The van der Waals surface area contributed by atoms with Gasteiger partial charge < -0.3 is 29.2 Å². The number of hydrogen-bond donors (Lipinski definition) is 1. The molecule has 2 amide bonds. The SMILES string of the molecule is COc1ccc(C2c3cc(OC)c(OC)cc3CCN2C(=O)Nc2cc(C)ccc2OC)cc1. The summed E-state index contributed by atoms with van der Waals surface area (Å²) in [4.78, 5) is 15.5. The highest BCUT2D eigenvalue weighted by molar-refractivity contribution is 5.92. The fourth-order valence-corrected chi connectivity index (χ4v) is 4.42. The molecule has 1 aliphatic heterocycles. The molecule has 3 aromatic rings. The van der Waals surface area contributed by atoms with Crippen LogP contribution in [0.4, 0.5) is 10.5 Å². The van der Waals surface area contributed by atoms with Crippen LogP contribution in [0.1, 0.15) is 28.3 Å². The van der Waals surface area contributed by atoms with Crippen molar-refractivity contribution < 1.29 is 23.7 Å². The molecule has 1 heterocycles. The number of aryl methyl sites for hydroxylation is 1. The lowest BCUT2D eigenvalue weighted by Crippen LogP contribution is -2.43. The smallest absolute Gasteiger partial charge is 0.322 e. The molecule has 0 radical (unpaired) electrons. The summed E-state index contributed by atoms with van der Waals surface area (Å²) in [6.45, 7) is 2.52. The van der Waals surface area contributed by atoms with E-state index in [1.807, 2.05) is 66.4 Å². The van der Waals surface area contributed by atoms with Gasteiger partial charge in [0.25, 0.3) is 0 Å². The number of anilines is 1. The number of hydrogen-bond acceptors (Lipinski definition) is 5. The van der Waals surface area contributed by atoms with Gasteiger partial charge in [0.15, 0.2) is 11.5 Å². The third kappa shape index (κ3) is 4.46. The molecule has 1 aliphatic rings. The molecule has 0 aromatic heterocycles. The Morgan fingerprint density at radius 2 is 1.53 bits per heavy atom. The molecule has 0 spiro atoms. The lowest BCUT2D eigenvalue weighted by molar-refractivity contribution is 0.193. The second-order valence-electron chi connectivity index (χ2n) is 8.16. The van der Waals surface area contributed by atoms with Crippen molar-refractivity contribution in [3.63, 3.8) is 0 Å². The summed E-state index contributed by atoms with van der Waals surface area (Å²) in [5, 5.41) is 3.06. The molecule has 7 nitrogen and oxygen atoms in total. The van der Waals surface area contributed by atoms with E-state index in [9.17, 15) is 4.79 Å². The predicted molar refractivity (Wildman–Crippen MR) is 132 cm³/mol. The van der Waals surface area contributed by atoms with E-state index in [0.29, 0.717) is 35.9 Å². The minimum Gasteiger partial charge on any atom is -0.497 e. The van der Waals surface area contributed by atoms with Crippen LogP contribution in [-0.4, -0.2) is 45.9 Å². The molecule has 1 unspecified atom stereocenters. The second kappa shape index (κ2) is 9.95. The van der Waals surface area contributed by atoms with Crippen molar-refractivity contribution >= 4 is 11.7 Å². The van der Waals surface area contributed by atoms with E-state index in [4.69, 9.17) is 18.9 Å². The number of amides is 2. The zero-order valence-electron chi connectivity index (χ0n) is 20.2. The fraction of sp³-hybridized carbons (Fsp3) is 0.296. The third-order valence-electron chi connectivity index (χ3n) is 6.16. The van der Waals surface area contributed by atoms with Crippen LogP contribution in [-0.2, 0) is 6.42 Å². The highest BCUT2D eigenvalue weighted by Gasteiger charge is 2.34. The molecule has 34 heavy (non-hydrogen) atoms. The number of carbonyl (C=O) groups is 1. The van der Waals surface area contributed by atoms with Gasteiger partial charge >= 0.3 is 6.03 Å². The molecule has 4 rings (SSSR count). The number of carbonyl (C=O) groups excluding carboxylic acids is 1. The molecule has 3 aromatic carbocycles. The van der Waals surface area contributed by atoms with Gasteiger partial charge in [-0.2, -0.15) is 0 Å². The Morgan fingerprint density at radius 3 is 2.18 bits per heavy atom. The van der Waals surface area contributed by atoms with Crippen LogP contribution in [0.25, 0.3) is 0 Å². The normalized spacial score (nSPS) is 14.7. The first-order chi connectivity index (χ1) is 16.5. The number of nitrogens with zero attached hydrogens (tertiary/aromatic N) is 1. The van der Waals surface area contributed by atoms with Crippen LogP contribution >= 0.6 is 0 Å². The maximum absolute atomic E-state index is 13.6. The summed E-state index contributed by atoms with van der Waals surface area (Å²) in [5.41, 5.74) is 4.76. The molecule has 0 bridgehead atoms. The lowest BCUT2D eigenvalue weighted by Gasteiger charge is -2.38. The minimum atomic E-state index is -0.315. The van der Waals surface area contributed by atoms with E-state index < -0.39 is 0 Å². The van der Waals surface area contributed by atoms with Crippen LogP contribution in [0.3, 0.4) is 0 Å². The van der Waals surface area contributed by atoms with Crippen molar-refractivity contribution in [3.05, 3.63) is 76.9 Å². The molecule has 1 atom stereocenters. The summed E-state index contributed by atoms with van der Waals surface area (Å²) in [6, 6.07) is 17.0. The van der Waals surface area contributed by atoms with Gasteiger partial charge in [0.05, 0.1) is 40.2 Å². The fourth-order valence-electron chi connectivity index (χ4n) is 4.42. The summed E-state index contributed by atoms with van der Waals surface area (Å²) >= 11 is 0. The van der Waals surface area contributed by atoms with Crippen LogP contribution < -0.4 is 24.3 Å². The molecule has 178 valence electrons. The highest BCUT2D eigenvalue weighted by atomic mass is 16.5. The Kier molecular flexibility index (Phi) is 6.82. The Morgan fingerprint density at radius 1 is 0.853 bits per heavy atom. The summed E-state index contributed by atoms with van der Waals surface area (Å²) in [6.07, 6.45) is 0.695. The van der Waals surface area contributed by atoms with E-state index in [-0.39, 0.29) is 12.1 Å². The van der Waals surface area contributed by atoms with Crippen LogP contribution in [0.2, 0.25) is 0 Å². The van der Waals surface area contributed by atoms with E-state index in [0.717, 1.165) is 28.0 Å². The van der Waals surface area contributed by atoms with Crippen molar-refractivity contribution in [1.29, 1.82) is 0 Å². The maximum Gasteiger partial charge on any atom is 0.322 e. The number of rotatable bonds is 6. The largest absolute Gasteiger partial charge is 0.497 e. The Bertz CT molecular complexity index is 1180. The molecule has 0 saturated heterocycles. The molecule has 0 aliphatic carbocycles. The van der Waals surface area contributed by atoms with Crippen LogP contribution in [0, 0.1) is 6.92 Å². The molecule has 1 N–H and O–H groups in total. The molecular weight excluding hydrogens is 432 g/mol. The van der Waals surface area contributed by atoms with Gasteiger partial charge in [0, 0.05) is 6.54 Å². The van der Waals surface area contributed by atoms with Gasteiger partial charge in [-0.05, 0) is 72.0 Å². The van der Waals surface area contributed by atoms with E-state index in [1.54, 1.807) is 28.4 Å². The van der Waals surface area contributed by atoms with E-state index in [1.165, 1.54) is 0 Å². The highest BCUT2D eigenvalue weighted by Crippen LogP contribution is 2.41. The number of urea groups is 1. The predicted octanol–water partition coefficient (Wildman–Crippen LogP) is 5.21. The van der Waals surface area contributed by atoms with Gasteiger partial charge in [-0.3, -0.25) is 0 Å². The first kappa shape index (κ1) is 23.3. The third-order valence-corrected chi connectivity index (χ3v) is 6.16. The summed E-state index contributed by atoms with van der Waals surface area (Å²) in [7, 11) is 6.47. The minimum absolute atomic E-state index is 0.204. The number of nitrogens with one attached hydrogen (secondary N) is 1. The summed E-state index contributed by atoms with van der Waals surface area (Å²) in [5.74, 6) is 2.68. The standard InChI is InChI=1S/C27H30N2O5/c1-17-6-11-23(32-3)22(14-17)28-27(30)29-13-12-19-15-24(33-4)25(34-5)16-21(19)26(29)18-7-9-20(31-2)10-8-18/h6-11,14-16,26H,12-13H2,1-5H3,(H,28,30). The average molecular weight is 463 g/mol. The molecular formula is C27H30N2O5. The van der Waals surface area contributed by atoms with E-state index >= 15 is 0 Å². The zero-order valence-corrected chi connectivity index (χ0v) is 20.2. The molecule has 7 heteroatoms. The van der Waals surface area contributed by atoms with Crippen molar-refractivity contribution in [2.45, 2.75) is 19.4 Å². The monoisotopic (exact) mass is 462 g/mol. The van der Waals surface area contributed by atoms with Crippen molar-refractivity contribution in [1.82, 2.24) is 4.90 Å². The molecule has 0 saturated carbocycles. The Hall–Kier alpha value is -3.87. The zero-order chi connectivity index (χ0) is 24.2. The topological polar surface area (TPSA) is 69.3 Å². The first-order valence-electron chi connectivity index (χ1n) is 11.1.